The number of para-hydroxylation sites is 1. The van der Waals surface area contributed by atoms with Crippen LogP contribution in [-0.4, -0.2) is 20.5 Å². The number of thiazole rings is 1. The Bertz CT molecular complexity index is 1350. The maximum Gasteiger partial charge on any atom is 0.212 e. The Morgan fingerprint density at radius 3 is 2.32 bits per heavy atom. The minimum atomic E-state index is 0.0248. The Balaban J connectivity index is 1.69. The van der Waals surface area contributed by atoms with Gasteiger partial charge < -0.3 is 0 Å². The van der Waals surface area contributed by atoms with E-state index in [9.17, 15) is 4.79 Å². The number of aromatic nitrogens is 3. The minimum Gasteiger partial charge on any atom is -0.288 e. The Morgan fingerprint density at radius 2 is 1.50 bits per heavy atom. The van der Waals surface area contributed by atoms with Gasteiger partial charge in [-0.3, -0.25) is 4.79 Å². The molecule has 1 aliphatic carbocycles. The molecule has 0 amide bonds. The van der Waals surface area contributed by atoms with Gasteiger partial charge in [-0.05, 0) is 12.1 Å². The summed E-state index contributed by atoms with van der Waals surface area (Å²) < 4.78 is 2.94. The molecule has 0 unspecified atom stereocenters. The molecule has 3 aromatic carbocycles. The van der Waals surface area contributed by atoms with E-state index >= 15 is 0 Å². The first-order chi connectivity index (χ1) is 13.8. The summed E-state index contributed by atoms with van der Waals surface area (Å²) in [5.74, 6) is 0.0248. The maximum atomic E-state index is 13.2. The largest absolute Gasteiger partial charge is 0.288 e. The molecule has 2 aromatic heterocycles. The average molecular weight is 379 g/mol. The molecule has 5 heteroatoms. The lowest BCUT2D eigenvalue weighted by Gasteiger charge is -2.03. The summed E-state index contributed by atoms with van der Waals surface area (Å²) >= 11 is 1.58. The van der Waals surface area contributed by atoms with Crippen LogP contribution in [0.4, 0.5) is 0 Å². The number of carbonyl (C=O) groups is 1. The van der Waals surface area contributed by atoms with Gasteiger partial charge in [-0.15, -0.1) is 0 Å². The Labute approximate surface area is 164 Å². The van der Waals surface area contributed by atoms with Crippen LogP contribution in [0.25, 0.3) is 37.9 Å². The average Bonchev–Trinajstić information content (AvgIpc) is 3.42. The highest BCUT2D eigenvalue weighted by molar-refractivity contribution is 7.20. The van der Waals surface area contributed by atoms with Crippen LogP contribution in [0.3, 0.4) is 0 Å². The molecule has 0 spiro atoms. The highest BCUT2D eigenvalue weighted by Gasteiger charge is 2.35. The van der Waals surface area contributed by atoms with Crippen LogP contribution in [0.2, 0.25) is 0 Å². The van der Waals surface area contributed by atoms with E-state index < -0.39 is 0 Å². The van der Waals surface area contributed by atoms with E-state index in [2.05, 4.69) is 6.07 Å². The lowest BCUT2D eigenvalue weighted by atomic mass is 10.0. The fourth-order valence-electron chi connectivity index (χ4n) is 3.79. The molecule has 28 heavy (non-hydrogen) atoms. The summed E-state index contributed by atoms with van der Waals surface area (Å²) in [7, 11) is 0. The molecule has 6 rings (SSSR count). The fourth-order valence-corrected chi connectivity index (χ4v) is 4.72. The topological polar surface area (TPSA) is 47.8 Å². The first kappa shape index (κ1) is 15.5. The fraction of sp³-hybridized carbons (Fsp3) is 0. The van der Waals surface area contributed by atoms with E-state index in [1.54, 1.807) is 11.3 Å². The van der Waals surface area contributed by atoms with Crippen molar-refractivity contribution < 1.29 is 4.79 Å². The Morgan fingerprint density at radius 1 is 0.786 bits per heavy atom. The summed E-state index contributed by atoms with van der Waals surface area (Å²) in [6.07, 6.45) is 0. The smallest absolute Gasteiger partial charge is 0.212 e. The zero-order chi connectivity index (χ0) is 18.7. The summed E-state index contributed by atoms with van der Waals surface area (Å²) in [5, 5.41) is 5.63. The molecule has 4 nitrogen and oxygen atoms in total. The number of benzene rings is 3. The third kappa shape index (κ3) is 2.08. The minimum absolute atomic E-state index is 0.0248. The lowest BCUT2D eigenvalue weighted by molar-refractivity contribution is 0.104. The van der Waals surface area contributed by atoms with Crippen LogP contribution in [0.15, 0.2) is 78.9 Å². The maximum absolute atomic E-state index is 13.2. The van der Waals surface area contributed by atoms with Gasteiger partial charge in [-0.2, -0.15) is 5.10 Å². The van der Waals surface area contributed by atoms with Gasteiger partial charge in [0.1, 0.15) is 5.69 Å². The molecular weight excluding hydrogens is 366 g/mol. The quantitative estimate of drug-likeness (QED) is 0.407. The number of fused-ring (bicyclic) bond motifs is 4. The van der Waals surface area contributed by atoms with Crippen molar-refractivity contribution in [1.29, 1.82) is 0 Å². The van der Waals surface area contributed by atoms with Gasteiger partial charge in [0.2, 0.25) is 5.13 Å². The van der Waals surface area contributed by atoms with Gasteiger partial charge >= 0.3 is 0 Å². The van der Waals surface area contributed by atoms with Crippen molar-refractivity contribution in [2.45, 2.75) is 0 Å². The third-order valence-electron chi connectivity index (χ3n) is 5.05. The highest BCUT2D eigenvalue weighted by atomic mass is 32.1. The number of ketones is 1. The van der Waals surface area contributed by atoms with E-state index in [1.807, 2.05) is 77.5 Å². The van der Waals surface area contributed by atoms with Crippen molar-refractivity contribution in [3.63, 3.8) is 0 Å². The highest BCUT2D eigenvalue weighted by Crippen LogP contribution is 2.43. The van der Waals surface area contributed by atoms with Crippen LogP contribution in [0, 0.1) is 0 Å². The molecule has 0 aliphatic heterocycles. The molecule has 0 bridgehead atoms. The second-order valence-electron chi connectivity index (χ2n) is 6.69. The van der Waals surface area contributed by atoms with Gasteiger partial charge in [0.25, 0.3) is 0 Å². The van der Waals surface area contributed by atoms with Crippen molar-refractivity contribution in [2.75, 3.05) is 0 Å². The van der Waals surface area contributed by atoms with E-state index in [-0.39, 0.29) is 5.78 Å². The number of rotatable bonds is 2. The monoisotopic (exact) mass is 379 g/mol. The molecular formula is C23H13N3OS. The SMILES string of the molecule is O=C1c2ccccc2-c2c1c(-c1ccccc1)nn2-c1nc2ccccc2s1. The molecule has 0 saturated heterocycles. The third-order valence-corrected chi connectivity index (χ3v) is 6.06. The van der Waals surface area contributed by atoms with Crippen LogP contribution in [0.5, 0.6) is 0 Å². The first-order valence-corrected chi connectivity index (χ1v) is 9.81. The predicted octanol–water partition coefficient (Wildman–Crippen LogP) is 5.36. The Kier molecular flexibility index (Phi) is 3.16. The summed E-state index contributed by atoms with van der Waals surface area (Å²) in [6, 6.07) is 25.6. The lowest BCUT2D eigenvalue weighted by Crippen LogP contribution is -1.99. The van der Waals surface area contributed by atoms with Crippen molar-refractivity contribution >= 4 is 27.3 Å². The van der Waals surface area contributed by atoms with Crippen LogP contribution in [0.1, 0.15) is 15.9 Å². The van der Waals surface area contributed by atoms with Gasteiger partial charge in [0, 0.05) is 16.7 Å². The van der Waals surface area contributed by atoms with Crippen LogP contribution >= 0.6 is 11.3 Å². The molecule has 132 valence electrons. The standard InChI is InChI=1S/C23H13N3OS/c27-22-16-11-5-4-10-15(16)21-19(22)20(14-8-2-1-3-9-14)25-26(21)23-24-17-12-6-7-13-18(17)28-23/h1-13H. The molecule has 1 aliphatic rings. The van der Waals surface area contributed by atoms with E-state index in [1.165, 1.54) is 0 Å². The number of hydrogen-bond acceptors (Lipinski definition) is 4. The van der Waals surface area contributed by atoms with E-state index in [0.717, 1.165) is 37.7 Å². The molecule has 5 aromatic rings. The molecule has 0 N–H and O–H groups in total. The molecule has 0 saturated carbocycles. The molecule has 0 fully saturated rings. The zero-order valence-electron chi connectivity index (χ0n) is 14.7. The second-order valence-corrected chi connectivity index (χ2v) is 7.70. The molecule has 0 atom stereocenters. The summed E-state index contributed by atoms with van der Waals surface area (Å²) in [4.78, 5) is 18.0. The number of carbonyl (C=O) groups excluding carboxylic acids is 1. The van der Waals surface area contributed by atoms with Gasteiger partial charge in [-0.1, -0.05) is 78.1 Å². The van der Waals surface area contributed by atoms with Crippen molar-refractivity contribution in [1.82, 2.24) is 14.8 Å². The van der Waals surface area contributed by atoms with Crippen LogP contribution < -0.4 is 0 Å². The summed E-state index contributed by atoms with van der Waals surface area (Å²) in [6.45, 7) is 0. The summed E-state index contributed by atoms with van der Waals surface area (Å²) in [5.41, 5.74) is 5.70. The predicted molar refractivity (Wildman–Crippen MR) is 111 cm³/mol. The first-order valence-electron chi connectivity index (χ1n) is 9.00. The van der Waals surface area contributed by atoms with Gasteiger partial charge in [0.05, 0.1) is 21.5 Å². The van der Waals surface area contributed by atoms with E-state index in [0.29, 0.717) is 11.3 Å². The van der Waals surface area contributed by atoms with Gasteiger partial charge in [-0.25, -0.2) is 9.67 Å². The molecule has 0 radical (unpaired) electrons. The second kappa shape index (κ2) is 5.71. The van der Waals surface area contributed by atoms with Crippen LogP contribution in [-0.2, 0) is 0 Å². The number of hydrogen-bond donors (Lipinski definition) is 0. The number of nitrogens with zero attached hydrogens (tertiary/aromatic N) is 3. The van der Waals surface area contributed by atoms with Gasteiger partial charge in [0.15, 0.2) is 5.78 Å². The van der Waals surface area contributed by atoms with Crippen molar-refractivity contribution in [3.8, 4) is 27.6 Å². The van der Waals surface area contributed by atoms with E-state index in [4.69, 9.17) is 10.1 Å². The molecule has 2 heterocycles. The van der Waals surface area contributed by atoms with Crippen molar-refractivity contribution in [3.05, 3.63) is 90.0 Å². The zero-order valence-corrected chi connectivity index (χ0v) is 15.5. The normalized spacial score (nSPS) is 12.4. The van der Waals surface area contributed by atoms with Crippen molar-refractivity contribution in [2.24, 2.45) is 0 Å². The Hall–Kier alpha value is -3.57.